The summed E-state index contributed by atoms with van der Waals surface area (Å²) in [5.41, 5.74) is 0.210. The number of hydrogen-bond acceptors (Lipinski definition) is 4. The second kappa shape index (κ2) is 6.15. The lowest BCUT2D eigenvalue weighted by molar-refractivity contribution is -0.114. The predicted octanol–water partition coefficient (Wildman–Crippen LogP) is 1.48. The molecule has 2 saturated heterocycles. The topological polar surface area (TPSA) is 44.7 Å². The Kier molecular flexibility index (Phi) is 4.60. The number of hydrogen-bond donors (Lipinski definition) is 2. The van der Waals surface area contributed by atoms with Crippen LogP contribution < -0.4 is 5.32 Å². The first kappa shape index (κ1) is 15.7. The lowest BCUT2D eigenvalue weighted by Crippen LogP contribution is -2.66. The monoisotopic (exact) mass is 296 g/mol. The van der Waals surface area contributed by atoms with Crippen LogP contribution in [0.4, 0.5) is 0 Å². The van der Waals surface area contributed by atoms with Gasteiger partial charge in [-0.15, -0.1) is 0 Å². The van der Waals surface area contributed by atoms with E-state index in [-0.39, 0.29) is 11.5 Å². The van der Waals surface area contributed by atoms with Crippen molar-refractivity contribution in [3.8, 4) is 0 Å². The highest BCUT2D eigenvalue weighted by atomic mass is 16.5. The van der Waals surface area contributed by atoms with Gasteiger partial charge in [-0.05, 0) is 38.3 Å². The van der Waals surface area contributed by atoms with E-state index in [1.54, 1.807) is 0 Å². The maximum Gasteiger partial charge on any atom is 0.0791 e. The molecular formula is C17H32N2O2. The van der Waals surface area contributed by atoms with E-state index in [1.165, 1.54) is 19.3 Å². The summed E-state index contributed by atoms with van der Waals surface area (Å²) in [5.74, 6) is 1.51. The molecule has 2 aliphatic heterocycles. The van der Waals surface area contributed by atoms with Crippen molar-refractivity contribution in [1.82, 2.24) is 10.2 Å². The van der Waals surface area contributed by atoms with E-state index in [1.807, 2.05) is 0 Å². The Hall–Kier alpha value is -0.160. The first-order valence-corrected chi connectivity index (χ1v) is 8.74. The van der Waals surface area contributed by atoms with Crippen LogP contribution in [0.1, 0.15) is 40.0 Å². The van der Waals surface area contributed by atoms with Crippen LogP contribution in [0.5, 0.6) is 0 Å². The number of fused-ring (bicyclic) bond motifs is 1. The molecular weight excluding hydrogens is 264 g/mol. The zero-order chi connectivity index (χ0) is 15.0. The van der Waals surface area contributed by atoms with Crippen LogP contribution >= 0.6 is 0 Å². The Bertz CT molecular complexity index is 353. The fraction of sp³-hybridized carbons (Fsp3) is 1.00. The molecule has 4 atom stereocenters. The van der Waals surface area contributed by atoms with E-state index in [4.69, 9.17) is 4.74 Å². The normalized spacial score (nSPS) is 38.0. The molecule has 2 heterocycles. The molecule has 4 heteroatoms. The average Bonchev–Trinajstić information content (AvgIpc) is 2.88. The first-order chi connectivity index (χ1) is 9.98. The van der Waals surface area contributed by atoms with Crippen LogP contribution in [0.15, 0.2) is 0 Å². The number of aliphatic hydroxyl groups is 1. The molecule has 3 fully saturated rings. The predicted molar refractivity (Wildman–Crippen MR) is 84.3 cm³/mol. The zero-order valence-corrected chi connectivity index (χ0v) is 13.8. The second-order valence-electron chi connectivity index (χ2n) is 8.09. The van der Waals surface area contributed by atoms with Gasteiger partial charge in [0, 0.05) is 37.1 Å². The van der Waals surface area contributed by atoms with E-state index in [9.17, 15) is 5.11 Å². The third kappa shape index (κ3) is 3.14. The standard InChI is InChI=1S/C17H32N2O2/c1-12-4-7-19(8-5-12)11-13(20)10-18-15-14-6-9-21-16(14)17(15,2)3/h12-16,18,20H,4-11H2,1-3H3. The Morgan fingerprint density at radius 3 is 2.71 bits per heavy atom. The van der Waals surface area contributed by atoms with Crippen LogP contribution in [-0.4, -0.2) is 61.0 Å². The molecule has 0 aromatic heterocycles. The minimum absolute atomic E-state index is 0.210. The maximum absolute atomic E-state index is 10.3. The van der Waals surface area contributed by atoms with Crippen LogP contribution in [-0.2, 0) is 4.74 Å². The average molecular weight is 296 g/mol. The minimum Gasteiger partial charge on any atom is -0.390 e. The van der Waals surface area contributed by atoms with Crippen molar-refractivity contribution in [3.63, 3.8) is 0 Å². The number of likely N-dealkylation sites (tertiary alicyclic amines) is 1. The lowest BCUT2D eigenvalue weighted by atomic mass is 9.57. The Morgan fingerprint density at radius 1 is 1.29 bits per heavy atom. The molecule has 1 aliphatic carbocycles. The number of piperidine rings is 1. The molecule has 1 saturated carbocycles. The summed E-state index contributed by atoms with van der Waals surface area (Å²) < 4.78 is 5.83. The van der Waals surface area contributed by atoms with E-state index in [0.717, 1.165) is 32.2 Å². The summed E-state index contributed by atoms with van der Waals surface area (Å²) in [6.07, 6.45) is 3.89. The van der Waals surface area contributed by atoms with Gasteiger partial charge < -0.3 is 20.1 Å². The van der Waals surface area contributed by atoms with Crippen molar-refractivity contribution in [2.75, 3.05) is 32.8 Å². The van der Waals surface area contributed by atoms with Crippen molar-refractivity contribution in [2.24, 2.45) is 17.3 Å². The van der Waals surface area contributed by atoms with Gasteiger partial charge in [-0.25, -0.2) is 0 Å². The SMILES string of the molecule is CC1CCN(CC(O)CNC2C3CCOC3C2(C)C)CC1. The minimum atomic E-state index is -0.254. The van der Waals surface area contributed by atoms with Crippen LogP contribution in [0.25, 0.3) is 0 Å². The molecule has 3 aliphatic rings. The van der Waals surface area contributed by atoms with Crippen molar-refractivity contribution < 1.29 is 9.84 Å². The van der Waals surface area contributed by atoms with Gasteiger partial charge >= 0.3 is 0 Å². The van der Waals surface area contributed by atoms with E-state index in [2.05, 4.69) is 31.0 Å². The highest BCUT2D eigenvalue weighted by Gasteiger charge is 2.58. The largest absolute Gasteiger partial charge is 0.390 e. The van der Waals surface area contributed by atoms with Crippen LogP contribution in [0, 0.1) is 17.3 Å². The summed E-state index contributed by atoms with van der Waals surface area (Å²) in [4.78, 5) is 2.42. The number of ether oxygens (including phenoxy) is 1. The van der Waals surface area contributed by atoms with Gasteiger partial charge in [-0.3, -0.25) is 0 Å². The number of β-amino-alcohol motifs (C(OH)–C–C–N with tert-alkyl or cyclic N) is 1. The summed E-state index contributed by atoms with van der Waals surface area (Å²) in [7, 11) is 0. The number of aliphatic hydroxyl groups excluding tert-OH is 1. The summed E-state index contributed by atoms with van der Waals surface area (Å²) in [6, 6.07) is 0.501. The molecule has 0 spiro atoms. The van der Waals surface area contributed by atoms with Gasteiger partial charge in [0.1, 0.15) is 0 Å². The van der Waals surface area contributed by atoms with Gasteiger partial charge in [0.15, 0.2) is 0 Å². The maximum atomic E-state index is 10.3. The van der Waals surface area contributed by atoms with Gasteiger partial charge in [-0.1, -0.05) is 20.8 Å². The molecule has 3 rings (SSSR count). The number of nitrogens with one attached hydrogen (secondary N) is 1. The van der Waals surface area contributed by atoms with Gasteiger partial charge in [-0.2, -0.15) is 0 Å². The van der Waals surface area contributed by atoms with Gasteiger partial charge in [0.2, 0.25) is 0 Å². The fourth-order valence-corrected chi connectivity index (χ4v) is 4.61. The number of rotatable bonds is 5. The third-order valence-electron chi connectivity index (χ3n) is 6.02. The van der Waals surface area contributed by atoms with Crippen molar-refractivity contribution >= 4 is 0 Å². The van der Waals surface area contributed by atoms with Crippen molar-refractivity contribution in [3.05, 3.63) is 0 Å². The van der Waals surface area contributed by atoms with Gasteiger partial charge in [0.05, 0.1) is 12.2 Å². The van der Waals surface area contributed by atoms with E-state index < -0.39 is 0 Å². The smallest absolute Gasteiger partial charge is 0.0791 e. The molecule has 4 unspecified atom stereocenters. The summed E-state index contributed by atoms with van der Waals surface area (Å²) in [6.45, 7) is 11.6. The quantitative estimate of drug-likeness (QED) is 0.807. The molecule has 122 valence electrons. The fourth-order valence-electron chi connectivity index (χ4n) is 4.61. The van der Waals surface area contributed by atoms with Crippen LogP contribution in [0.2, 0.25) is 0 Å². The molecule has 4 nitrogen and oxygen atoms in total. The van der Waals surface area contributed by atoms with Crippen molar-refractivity contribution in [1.29, 1.82) is 0 Å². The van der Waals surface area contributed by atoms with Crippen LogP contribution in [0.3, 0.4) is 0 Å². The Balaban J connectivity index is 1.41. The highest BCUT2D eigenvalue weighted by molar-refractivity contribution is 5.11. The molecule has 0 radical (unpaired) electrons. The Labute approximate surface area is 129 Å². The first-order valence-electron chi connectivity index (χ1n) is 8.74. The highest BCUT2D eigenvalue weighted by Crippen LogP contribution is 2.52. The molecule has 0 aromatic carbocycles. The molecule has 0 bridgehead atoms. The lowest BCUT2D eigenvalue weighted by Gasteiger charge is -2.55. The van der Waals surface area contributed by atoms with Gasteiger partial charge in [0.25, 0.3) is 0 Å². The van der Waals surface area contributed by atoms with E-state index in [0.29, 0.717) is 24.6 Å². The Morgan fingerprint density at radius 2 is 2.00 bits per heavy atom. The van der Waals surface area contributed by atoms with Crippen molar-refractivity contribution in [2.45, 2.75) is 58.3 Å². The number of nitrogens with zero attached hydrogens (tertiary/aromatic N) is 1. The zero-order valence-electron chi connectivity index (χ0n) is 13.8. The molecule has 0 aromatic rings. The molecule has 2 N–H and O–H groups in total. The third-order valence-corrected chi connectivity index (χ3v) is 6.02. The molecule has 0 amide bonds. The summed E-state index contributed by atoms with van der Waals surface area (Å²) in [5, 5.41) is 13.9. The van der Waals surface area contributed by atoms with E-state index >= 15 is 0 Å². The molecule has 21 heavy (non-hydrogen) atoms. The second-order valence-corrected chi connectivity index (χ2v) is 8.09. The summed E-state index contributed by atoms with van der Waals surface area (Å²) >= 11 is 0.